The Hall–Kier alpha value is -1.74. The molecule has 1 fully saturated rings. The summed E-state index contributed by atoms with van der Waals surface area (Å²) in [6.45, 7) is 2.10. The van der Waals surface area contributed by atoms with Crippen molar-refractivity contribution in [1.29, 1.82) is 0 Å². The molecule has 0 aromatic heterocycles. The zero-order valence-electron chi connectivity index (χ0n) is 14.8. The number of hydrogen-bond acceptors (Lipinski definition) is 0. The summed E-state index contributed by atoms with van der Waals surface area (Å²) in [7, 11) is -0.518. The highest BCUT2D eigenvalue weighted by Gasteiger charge is 2.22. The van der Waals surface area contributed by atoms with E-state index in [1.165, 1.54) is 55.1 Å². The van der Waals surface area contributed by atoms with Crippen LogP contribution in [0.25, 0.3) is 11.1 Å². The molecule has 0 radical (unpaired) electrons. The Kier molecular flexibility index (Phi) is 6.19. The van der Waals surface area contributed by atoms with Gasteiger partial charge in [0.15, 0.2) is 11.6 Å². The van der Waals surface area contributed by atoms with Gasteiger partial charge in [0, 0.05) is 8.80 Å². The molecule has 0 saturated carbocycles. The first-order valence-corrected chi connectivity index (χ1v) is 11.8. The van der Waals surface area contributed by atoms with Crippen LogP contribution in [-0.4, -0.2) is 8.80 Å². The number of rotatable bonds is 5. The second-order valence-electron chi connectivity index (χ2n) is 7.11. The van der Waals surface area contributed by atoms with Crippen LogP contribution >= 0.6 is 0 Å². The Balaban J connectivity index is 1.60. The van der Waals surface area contributed by atoms with Gasteiger partial charge >= 0.3 is 0 Å². The maximum atomic E-state index is 13.4. The van der Waals surface area contributed by atoms with Crippen molar-refractivity contribution in [2.75, 3.05) is 0 Å². The van der Waals surface area contributed by atoms with E-state index in [1.807, 2.05) is 12.1 Å². The molecule has 2 aromatic carbocycles. The molecule has 3 rings (SSSR count). The lowest BCUT2D eigenvalue weighted by Gasteiger charge is -2.28. The summed E-state index contributed by atoms with van der Waals surface area (Å²) in [5.74, 6) is -0.914. The summed E-state index contributed by atoms with van der Waals surface area (Å²) in [5.41, 5.74) is 3.06. The highest BCUT2D eigenvalue weighted by Crippen LogP contribution is 2.35. The predicted molar refractivity (Wildman–Crippen MR) is 105 cm³/mol. The maximum Gasteiger partial charge on any atom is 0.159 e. The molecule has 1 aliphatic heterocycles. The maximum absolute atomic E-state index is 13.4. The third-order valence-corrected chi connectivity index (χ3v) is 8.91. The standard InChI is InChI=1S/C22H26F2Si/c1-2-3-4-13-25-14-11-19(12-15-25)17-5-7-18(8-6-17)20-9-10-21(23)22(24)16-20/h2-3,5-10,16,19,25H,4,11-15H2,1H3. The van der Waals surface area contributed by atoms with Gasteiger partial charge in [-0.05, 0) is 60.9 Å². The molecule has 0 aliphatic carbocycles. The monoisotopic (exact) mass is 356 g/mol. The topological polar surface area (TPSA) is 0 Å². The van der Waals surface area contributed by atoms with Crippen LogP contribution in [0.15, 0.2) is 54.6 Å². The molecule has 3 heteroatoms. The molecule has 0 atom stereocenters. The summed E-state index contributed by atoms with van der Waals surface area (Å²) in [5, 5.41) is 0. The van der Waals surface area contributed by atoms with E-state index in [0.29, 0.717) is 5.92 Å². The van der Waals surface area contributed by atoms with E-state index in [9.17, 15) is 8.78 Å². The zero-order valence-corrected chi connectivity index (χ0v) is 16.0. The smallest absolute Gasteiger partial charge is 0.159 e. The summed E-state index contributed by atoms with van der Waals surface area (Å²) >= 11 is 0. The van der Waals surface area contributed by atoms with Crippen LogP contribution in [0.2, 0.25) is 18.1 Å². The molecule has 1 saturated heterocycles. The Morgan fingerprint density at radius 1 is 0.960 bits per heavy atom. The summed E-state index contributed by atoms with van der Waals surface area (Å²) < 4.78 is 26.5. The van der Waals surface area contributed by atoms with Crippen molar-refractivity contribution in [3.63, 3.8) is 0 Å². The zero-order chi connectivity index (χ0) is 17.6. The van der Waals surface area contributed by atoms with Gasteiger partial charge in [-0.3, -0.25) is 0 Å². The number of allylic oxidation sites excluding steroid dienone is 2. The van der Waals surface area contributed by atoms with Gasteiger partial charge in [0.2, 0.25) is 0 Å². The van der Waals surface area contributed by atoms with Crippen molar-refractivity contribution in [3.8, 4) is 11.1 Å². The number of benzene rings is 2. The van der Waals surface area contributed by atoms with Crippen LogP contribution in [0.4, 0.5) is 8.78 Å². The highest BCUT2D eigenvalue weighted by molar-refractivity contribution is 6.59. The van der Waals surface area contributed by atoms with Crippen molar-refractivity contribution in [1.82, 2.24) is 0 Å². The predicted octanol–water partition coefficient (Wildman–Crippen LogP) is 6.70. The van der Waals surface area contributed by atoms with E-state index in [2.05, 4.69) is 31.2 Å². The Morgan fingerprint density at radius 2 is 1.64 bits per heavy atom. The van der Waals surface area contributed by atoms with E-state index >= 15 is 0 Å². The van der Waals surface area contributed by atoms with Gasteiger partial charge in [0.05, 0.1) is 0 Å². The Morgan fingerprint density at radius 3 is 2.28 bits per heavy atom. The van der Waals surface area contributed by atoms with E-state index in [4.69, 9.17) is 0 Å². The molecule has 0 amide bonds. The Labute approximate surface area is 151 Å². The van der Waals surface area contributed by atoms with Crippen LogP contribution in [0.1, 0.15) is 37.7 Å². The molecular formula is C22H26F2Si. The van der Waals surface area contributed by atoms with Crippen LogP contribution in [0.3, 0.4) is 0 Å². The molecule has 25 heavy (non-hydrogen) atoms. The molecule has 0 bridgehead atoms. The van der Waals surface area contributed by atoms with Crippen LogP contribution in [-0.2, 0) is 0 Å². The van der Waals surface area contributed by atoms with Gasteiger partial charge in [-0.2, -0.15) is 0 Å². The fourth-order valence-electron chi connectivity index (χ4n) is 3.91. The minimum atomic E-state index is -0.796. The largest absolute Gasteiger partial charge is 0.204 e. The van der Waals surface area contributed by atoms with Crippen molar-refractivity contribution >= 4 is 8.80 Å². The lowest BCUT2D eigenvalue weighted by molar-refractivity contribution is 0.509. The lowest BCUT2D eigenvalue weighted by Crippen LogP contribution is -2.20. The van der Waals surface area contributed by atoms with Gasteiger partial charge < -0.3 is 0 Å². The van der Waals surface area contributed by atoms with E-state index < -0.39 is 20.4 Å². The average Bonchev–Trinajstić information content (AvgIpc) is 2.65. The van der Waals surface area contributed by atoms with Crippen molar-refractivity contribution < 1.29 is 8.78 Å². The van der Waals surface area contributed by atoms with Crippen LogP contribution in [0.5, 0.6) is 0 Å². The minimum absolute atomic E-state index is 0.518. The lowest BCUT2D eigenvalue weighted by atomic mass is 9.92. The molecular weight excluding hydrogens is 330 g/mol. The first-order chi connectivity index (χ1) is 12.2. The molecule has 1 aliphatic rings. The first kappa shape index (κ1) is 18.1. The fraction of sp³-hybridized carbons (Fsp3) is 0.364. The van der Waals surface area contributed by atoms with Crippen LogP contribution < -0.4 is 0 Å². The van der Waals surface area contributed by atoms with E-state index in [0.717, 1.165) is 11.1 Å². The molecule has 0 unspecified atom stereocenters. The molecule has 0 N–H and O–H groups in total. The summed E-state index contributed by atoms with van der Waals surface area (Å²) in [6.07, 6.45) is 8.36. The minimum Gasteiger partial charge on any atom is -0.204 e. The molecule has 132 valence electrons. The average molecular weight is 357 g/mol. The van der Waals surface area contributed by atoms with Crippen LogP contribution in [0, 0.1) is 11.6 Å². The van der Waals surface area contributed by atoms with Crippen molar-refractivity contribution in [2.24, 2.45) is 0 Å². The van der Waals surface area contributed by atoms with Gasteiger partial charge in [-0.1, -0.05) is 60.6 Å². The molecule has 1 heterocycles. The highest BCUT2D eigenvalue weighted by atomic mass is 28.3. The fourth-order valence-corrected chi connectivity index (χ4v) is 7.18. The van der Waals surface area contributed by atoms with Gasteiger partial charge in [-0.15, -0.1) is 0 Å². The number of hydrogen-bond donors (Lipinski definition) is 0. The third-order valence-electron chi connectivity index (χ3n) is 5.46. The van der Waals surface area contributed by atoms with Crippen molar-refractivity contribution in [3.05, 3.63) is 71.8 Å². The Bertz CT molecular complexity index is 713. The van der Waals surface area contributed by atoms with Gasteiger partial charge in [0.25, 0.3) is 0 Å². The van der Waals surface area contributed by atoms with Crippen molar-refractivity contribution in [2.45, 2.75) is 50.2 Å². The summed E-state index contributed by atoms with van der Waals surface area (Å²) in [4.78, 5) is 0. The molecule has 0 spiro atoms. The second-order valence-corrected chi connectivity index (χ2v) is 10.6. The SMILES string of the molecule is CC=CCC[SiH]1CCC(c2ccc(-c3ccc(F)c(F)c3)cc2)CC1. The van der Waals surface area contributed by atoms with Gasteiger partial charge in [0.1, 0.15) is 0 Å². The molecule has 0 nitrogen and oxygen atoms in total. The summed E-state index contributed by atoms with van der Waals surface area (Å²) in [6, 6.07) is 16.9. The third kappa shape index (κ3) is 4.66. The molecule has 2 aromatic rings. The first-order valence-electron chi connectivity index (χ1n) is 9.34. The number of halogens is 2. The quantitative estimate of drug-likeness (QED) is 0.413. The normalized spacial score (nSPS) is 20.9. The van der Waals surface area contributed by atoms with E-state index in [-0.39, 0.29) is 0 Å². The van der Waals surface area contributed by atoms with Gasteiger partial charge in [-0.25, -0.2) is 8.78 Å². The van der Waals surface area contributed by atoms with E-state index in [1.54, 1.807) is 6.07 Å². The second kappa shape index (κ2) is 8.57.